The van der Waals surface area contributed by atoms with Crippen molar-refractivity contribution in [1.29, 1.82) is 0 Å². The molecule has 1 atom stereocenters. The molecule has 0 aliphatic heterocycles. The highest BCUT2D eigenvalue weighted by atomic mass is 32.2. The molecule has 1 amide bonds. The highest BCUT2D eigenvalue weighted by Gasteiger charge is 2.45. The summed E-state index contributed by atoms with van der Waals surface area (Å²) in [7, 11) is 1.63. The van der Waals surface area contributed by atoms with Gasteiger partial charge >= 0.3 is 0 Å². The second-order valence-electron chi connectivity index (χ2n) is 7.56. The average molecular weight is 356 g/mol. The molecular weight excluding hydrogens is 328 g/mol. The molecule has 136 valence electrons. The Balaban J connectivity index is 2.04. The first-order valence-corrected chi connectivity index (χ1v) is 9.58. The van der Waals surface area contributed by atoms with Gasteiger partial charge in [-0.1, -0.05) is 19.0 Å². The first kappa shape index (κ1) is 19.3. The van der Waals surface area contributed by atoms with E-state index in [0.717, 1.165) is 25.7 Å². The van der Waals surface area contributed by atoms with E-state index in [1.807, 2.05) is 13.8 Å². The van der Waals surface area contributed by atoms with Crippen molar-refractivity contribution in [2.45, 2.75) is 68.8 Å². The van der Waals surface area contributed by atoms with Crippen molar-refractivity contribution in [3.05, 3.63) is 11.8 Å². The van der Waals surface area contributed by atoms with Crippen LogP contribution in [0.4, 0.5) is 5.88 Å². The maximum absolute atomic E-state index is 12.7. The van der Waals surface area contributed by atoms with Gasteiger partial charge in [0, 0.05) is 18.6 Å². The number of carbonyl (C=O) groups excluding carboxylic acids is 1. The topological polar surface area (TPSA) is 87.4 Å². The fourth-order valence-electron chi connectivity index (χ4n) is 2.96. The number of anilines is 1. The van der Waals surface area contributed by atoms with E-state index in [-0.39, 0.29) is 22.5 Å². The van der Waals surface area contributed by atoms with E-state index in [0.29, 0.717) is 12.3 Å². The number of hydrogen-bond acceptors (Lipinski definition) is 5. The summed E-state index contributed by atoms with van der Waals surface area (Å²) in [6.07, 6.45) is 4.05. The van der Waals surface area contributed by atoms with Gasteiger partial charge in [-0.15, -0.1) is 0 Å². The highest BCUT2D eigenvalue weighted by molar-refractivity contribution is 7.94. The van der Waals surface area contributed by atoms with Gasteiger partial charge in [0.15, 0.2) is 4.75 Å². The van der Waals surface area contributed by atoms with Gasteiger partial charge in [-0.05, 0) is 50.7 Å². The van der Waals surface area contributed by atoms with E-state index in [2.05, 4.69) is 10.5 Å². The maximum Gasteiger partial charge on any atom is 0.282 e. The number of nitrogens with one attached hydrogen (secondary N) is 1. The Labute approximate surface area is 146 Å². The van der Waals surface area contributed by atoms with Gasteiger partial charge in [-0.25, -0.2) is 0 Å². The van der Waals surface area contributed by atoms with E-state index in [1.54, 1.807) is 27.0 Å². The molecule has 1 unspecified atom stereocenters. The zero-order chi connectivity index (χ0) is 18.0. The largest absolute Gasteiger partial charge is 0.615 e. The van der Waals surface area contributed by atoms with E-state index in [4.69, 9.17) is 9.26 Å². The van der Waals surface area contributed by atoms with Crippen molar-refractivity contribution < 1.29 is 18.6 Å². The normalized spacial score (nSPS) is 17.9. The Morgan fingerprint density at radius 2 is 2.04 bits per heavy atom. The van der Waals surface area contributed by atoms with Crippen LogP contribution in [0.15, 0.2) is 10.6 Å². The number of methoxy groups -OCH3 is 1. The molecule has 0 aromatic carbocycles. The van der Waals surface area contributed by atoms with Crippen LogP contribution in [0.5, 0.6) is 0 Å². The van der Waals surface area contributed by atoms with Crippen molar-refractivity contribution in [1.82, 2.24) is 5.16 Å². The molecule has 7 heteroatoms. The fraction of sp³-hybridized carbons (Fsp3) is 0.765. The first-order chi connectivity index (χ1) is 11.2. The standard InChI is InChI=1S/C17H28N2O4S/c1-16(2,11-22-5)13-10-14(23-19-13)18-15(20)17(3,4)24(21)12-8-6-7-9-12/h10,12H,6-9,11H2,1-5H3,(H,18,20). The molecule has 1 aromatic heterocycles. The minimum absolute atomic E-state index is 0.108. The van der Waals surface area contributed by atoms with Crippen molar-refractivity contribution in [2.24, 2.45) is 0 Å². The fourth-order valence-corrected chi connectivity index (χ4v) is 4.79. The summed E-state index contributed by atoms with van der Waals surface area (Å²) in [5, 5.41) is 6.85. The van der Waals surface area contributed by atoms with Crippen molar-refractivity contribution in [3.63, 3.8) is 0 Å². The quantitative estimate of drug-likeness (QED) is 0.759. The zero-order valence-corrected chi connectivity index (χ0v) is 16.0. The predicted octanol–water partition coefficient (Wildman–Crippen LogP) is 3.01. The molecule has 1 fully saturated rings. The number of nitrogens with zero attached hydrogens (tertiary/aromatic N) is 1. The minimum atomic E-state index is -1.22. The van der Waals surface area contributed by atoms with Crippen LogP contribution in [0.1, 0.15) is 59.1 Å². The lowest BCUT2D eigenvalue weighted by Gasteiger charge is -2.30. The van der Waals surface area contributed by atoms with Crippen LogP contribution in [0, 0.1) is 0 Å². The Kier molecular flexibility index (Phi) is 5.99. The smallest absolute Gasteiger partial charge is 0.282 e. The van der Waals surface area contributed by atoms with Gasteiger partial charge in [0.1, 0.15) is 5.25 Å². The summed E-state index contributed by atoms with van der Waals surface area (Å²) in [6.45, 7) is 7.91. The van der Waals surface area contributed by atoms with Crippen LogP contribution in [-0.2, 0) is 26.1 Å². The SMILES string of the molecule is COCC(C)(C)c1cc(NC(=O)C(C)(C)[S+]([O-])C2CCCC2)on1. The lowest BCUT2D eigenvalue weighted by Crippen LogP contribution is -2.48. The monoisotopic (exact) mass is 356 g/mol. The summed E-state index contributed by atoms with van der Waals surface area (Å²) < 4.78 is 22.2. The summed E-state index contributed by atoms with van der Waals surface area (Å²) in [5.41, 5.74) is 0.387. The van der Waals surface area contributed by atoms with Gasteiger partial charge in [-0.3, -0.25) is 10.1 Å². The highest BCUT2D eigenvalue weighted by Crippen LogP contribution is 2.33. The summed E-state index contributed by atoms with van der Waals surface area (Å²) in [4.78, 5) is 12.6. The number of amides is 1. The van der Waals surface area contributed by atoms with Crippen LogP contribution in [0.3, 0.4) is 0 Å². The maximum atomic E-state index is 12.7. The van der Waals surface area contributed by atoms with Crippen LogP contribution in [-0.4, -0.2) is 39.3 Å². The number of aromatic nitrogens is 1. The van der Waals surface area contributed by atoms with Gasteiger partial charge in [0.2, 0.25) is 5.88 Å². The third-order valence-corrected chi connectivity index (χ3v) is 6.87. The molecule has 2 rings (SSSR count). The number of carbonyl (C=O) groups is 1. The molecule has 0 saturated heterocycles. The third kappa shape index (κ3) is 4.13. The summed E-state index contributed by atoms with van der Waals surface area (Å²) >= 11 is -1.22. The van der Waals surface area contributed by atoms with E-state index in [1.165, 1.54) is 0 Å². The van der Waals surface area contributed by atoms with Crippen molar-refractivity contribution in [2.75, 3.05) is 19.0 Å². The Morgan fingerprint density at radius 3 is 2.62 bits per heavy atom. The lowest BCUT2D eigenvalue weighted by molar-refractivity contribution is -0.118. The molecule has 24 heavy (non-hydrogen) atoms. The van der Waals surface area contributed by atoms with Crippen LogP contribution >= 0.6 is 0 Å². The molecular formula is C17H28N2O4S. The van der Waals surface area contributed by atoms with E-state index >= 15 is 0 Å². The zero-order valence-electron chi connectivity index (χ0n) is 15.2. The van der Waals surface area contributed by atoms with E-state index < -0.39 is 15.9 Å². The second-order valence-corrected chi connectivity index (χ2v) is 9.84. The van der Waals surface area contributed by atoms with Gasteiger partial charge in [0.25, 0.3) is 5.91 Å². The molecule has 6 nitrogen and oxygen atoms in total. The lowest BCUT2D eigenvalue weighted by atomic mass is 9.90. The first-order valence-electron chi connectivity index (χ1n) is 8.37. The van der Waals surface area contributed by atoms with Crippen molar-refractivity contribution >= 4 is 23.0 Å². The second kappa shape index (κ2) is 7.45. The Hall–Kier alpha value is -1.05. The van der Waals surface area contributed by atoms with E-state index in [9.17, 15) is 9.35 Å². The predicted molar refractivity (Wildman–Crippen MR) is 94.5 cm³/mol. The number of rotatable bonds is 7. The van der Waals surface area contributed by atoms with Gasteiger partial charge in [0.05, 0.1) is 12.3 Å². The molecule has 0 bridgehead atoms. The third-order valence-electron chi connectivity index (χ3n) is 4.60. The van der Waals surface area contributed by atoms with Crippen LogP contribution < -0.4 is 5.32 Å². The van der Waals surface area contributed by atoms with Crippen molar-refractivity contribution in [3.8, 4) is 0 Å². The summed E-state index contributed by atoms with van der Waals surface area (Å²) in [6, 6.07) is 1.70. The van der Waals surface area contributed by atoms with Crippen LogP contribution in [0.25, 0.3) is 0 Å². The molecule has 1 aromatic rings. The molecule has 0 spiro atoms. The van der Waals surface area contributed by atoms with Crippen LogP contribution in [0.2, 0.25) is 0 Å². The molecule has 0 radical (unpaired) electrons. The van der Waals surface area contributed by atoms with Gasteiger partial charge in [-0.2, -0.15) is 0 Å². The molecule has 1 N–H and O–H groups in total. The molecule has 1 aliphatic carbocycles. The molecule has 1 saturated carbocycles. The summed E-state index contributed by atoms with van der Waals surface area (Å²) in [5.74, 6) is -0.0318. The Bertz CT molecular complexity index is 565. The molecule has 1 heterocycles. The Morgan fingerprint density at radius 1 is 1.42 bits per heavy atom. The molecule has 1 aliphatic rings. The number of ether oxygens (including phenoxy) is 1. The minimum Gasteiger partial charge on any atom is -0.615 e. The average Bonchev–Trinajstić information content (AvgIpc) is 3.17. The number of hydrogen-bond donors (Lipinski definition) is 1. The van der Waals surface area contributed by atoms with Gasteiger partial charge < -0.3 is 13.8 Å².